The second-order valence-corrected chi connectivity index (χ2v) is 8.25. The molecular weight excluding hydrogens is 400 g/mol. The molecule has 0 unspecified atom stereocenters. The zero-order chi connectivity index (χ0) is 21.7. The van der Waals surface area contributed by atoms with E-state index < -0.39 is 0 Å². The van der Waals surface area contributed by atoms with Gasteiger partial charge in [-0.2, -0.15) is 0 Å². The van der Waals surface area contributed by atoms with Crippen molar-refractivity contribution >= 4 is 22.2 Å². The Labute approximate surface area is 184 Å². The van der Waals surface area contributed by atoms with E-state index in [9.17, 15) is 0 Å². The number of nitrogens with zero attached hydrogens (tertiary/aromatic N) is 4. The maximum Gasteiger partial charge on any atom is 0.150 e. The van der Waals surface area contributed by atoms with E-state index in [-0.39, 0.29) is 12.0 Å². The Balaban J connectivity index is 1.49. The van der Waals surface area contributed by atoms with Crippen molar-refractivity contribution in [2.75, 3.05) is 5.73 Å². The molecule has 7 nitrogen and oxygen atoms in total. The van der Waals surface area contributed by atoms with Gasteiger partial charge < -0.3 is 10.6 Å². The van der Waals surface area contributed by atoms with Crippen LogP contribution in [0.2, 0.25) is 0 Å². The first-order chi connectivity index (χ1) is 15.7. The van der Waals surface area contributed by atoms with Crippen molar-refractivity contribution in [2.45, 2.75) is 24.9 Å². The second-order valence-electron chi connectivity index (χ2n) is 8.25. The first-order valence-corrected chi connectivity index (χ1v) is 10.7. The Morgan fingerprint density at radius 3 is 2.56 bits per heavy atom. The van der Waals surface area contributed by atoms with Gasteiger partial charge in [-0.25, -0.2) is 20.8 Å². The lowest BCUT2D eigenvalue weighted by Crippen LogP contribution is -2.32. The number of benzene rings is 2. The van der Waals surface area contributed by atoms with Gasteiger partial charge >= 0.3 is 0 Å². The molecule has 0 bridgehead atoms. The molecule has 0 spiro atoms. The van der Waals surface area contributed by atoms with Gasteiger partial charge in [0.2, 0.25) is 0 Å². The number of aromatic nitrogens is 4. The van der Waals surface area contributed by atoms with Gasteiger partial charge in [0.1, 0.15) is 22.9 Å². The van der Waals surface area contributed by atoms with Gasteiger partial charge in [-0.3, -0.25) is 4.40 Å². The minimum atomic E-state index is 0.0799. The van der Waals surface area contributed by atoms with Crippen molar-refractivity contribution in [3.8, 4) is 22.5 Å². The van der Waals surface area contributed by atoms with Crippen LogP contribution in [-0.2, 0) is 4.84 Å². The van der Waals surface area contributed by atoms with Gasteiger partial charge in [-0.1, -0.05) is 48.5 Å². The molecule has 1 aliphatic carbocycles. The van der Waals surface area contributed by atoms with E-state index in [1.807, 2.05) is 28.8 Å². The molecule has 158 valence electrons. The molecule has 5 aromatic rings. The molecule has 1 saturated carbocycles. The predicted octanol–water partition coefficient (Wildman–Crippen LogP) is 4.33. The Morgan fingerprint density at radius 2 is 1.75 bits per heavy atom. The third kappa shape index (κ3) is 3.02. The standard InChI is InChI=1S/C25H22N6O/c26-24-23-22(30-25(31(23)11-10-28-24)18-12-19(13-18)32-27)17-7-6-16-8-9-20(29-21(16)14-17)15-4-2-1-3-5-15/h1-11,14,18-19H,12-13,27H2,(H2,26,28). The quantitative estimate of drug-likeness (QED) is 0.418. The van der Waals surface area contributed by atoms with Crippen LogP contribution in [0.15, 0.2) is 73.1 Å². The van der Waals surface area contributed by atoms with Crippen molar-refractivity contribution in [3.63, 3.8) is 0 Å². The highest BCUT2D eigenvalue weighted by Crippen LogP contribution is 2.40. The summed E-state index contributed by atoms with van der Waals surface area (Å²) in [6.07, 6.45) is 5.40. The lowest BCUT2D eigenvalue weighted by atomic mass is 9.82. The molecule has 3 heterocycles. The van der Waals surface area contributed by atoms with Gasteiger partial charge in [0.25, 0.3) is 0 Å². The highest BCUT2D eigenvalue weighted by Gasteiger charge is 2.35. The van der Waals surface area contributed by atoms with Crippen LogP contribution in [-0.4, -0.2) is 25.5 Å². The monoisotopic (exact) mass is 422 g/mol. The number of anilines is 1. The molecule has 0 saturated heterocycles. The van der Waals surface area contributed by atoms with Gasteiger partial charge in [-0.05, 0) is 25.0 Å². The minimum absolute atomic E-state index is 0.0799. The largest absolute Gasteiger partial charge is 0.382 e. The molecule has 0 amide bonds. The third-order valence-electron chi connectivity index (χ3n) is 6.30. The minimum Gasteiger partial charge on any atom is -0.382 e. The van der Waals surface area contributed by atoms with E-state index in [1.54, 1.807) is 6.20 Å². The Bertz CT molecular complexity index is 1440. The summed E-state index contributed by atoms with van der Waals surface area (Å²) >= 11 is 0. The van der Waals surface area contributed by atoms with E-state index in [0.717, 1.165) is 57.6 Å². The van der Waals surface area contributed by atoms with E-state index in [2.05, 4.69) is 47.4 Å². The number of rotatable bonds is 4. The molecule has 32 heavy (non-hydrogen) atoms. The molecule has 0 atom stereocenters. The van der Waals surface area contributed by atoms with E-state index in [1.165, 1.54) is 0 Å². The first kappa shape index (κ1) is 18.9. The summed E-state index contributed by atoms with van der Waals surface area (Å²) in [5.74, 6) is 7.04. The molecule has 4 N–H and O–H groups in total. The van der Waals surface area contributed by atoms with Crippen molar-refractivity contribution in [2.24, 2.45) is 5.90 Å². The zero-order valence-corrected chi connectivity index (χ0v) is 17.3. The maximum absolute atomic E-state index is 6.30. The summed E-state index contributed by atoms with van der Waals surface area (Å²) in [6, 6.07) is 20.5. The van der Waals surface area contributed by atoms with Gasteiger partial charge in [0, 0.05) is 34.8 Å². The SMILES string of the molecule is NOC1CC(c2nc(-c3ccc4ccc(-c5ccccc5)nc4c3)c3c(N)nccn23)C1. The molecule has 7 heteroatoms. The van der Waals surface area contributed by atoms with Gasteiger partial charge in [-0.15, -0.1) is 0 Å². The molecular formula is C25H22N6O. The number of nitrogen functional groups attached to an aromatic ring is 1. The van der Waals surface area contributed by atoms with Crippen LogP contribution >= 0.6 is 0 Å². The van der Waals surface area contributed by atoms with Crippen LogP contribution in [0.3, 0.4) is 0 Å². The number of nitrogens with two attached hydrogens (primary N) is 2. The van der Waals surface area contributed by atoms with E-state index in [0.29, 0.717) is 5.82 Å². The van der Waals surface area contributed by atoms with Gasteiger partial charge in [0.15, 0.2) is 0 Å². The number of hydrogen-bond donors (Lipinski definition) is 2. The highest BCUT2D eigenvalue weighted by atomic mass is 16.6. The fourth-order valence-electron chi connectivity index (χ4n) is 4.50. The number of pyridine rings is 1. The van der Waals surface area contributed by atoms with Crippen LogP contribution in [0.4, 0.5) is 5.82 Å². The van der Waals surface area contributed by atoms with Crippen molar-refractivity contribution in [1.82, 2.24) is 19.4 Å². The fraction of sp³-hybridized carbons (Fsp3) is 0.160. The summed E-state index contributed by atoms with van der Waals surface area (Å²) in [6.45, 7) is 0. The molecule has 1 fully saturated rings. The van der Waals surface area contributed by atoms with Crippen molar-refractivity contribution in [1.29, 1.82) is 0 Å². The average molecular weight is 422 g/mol. The van der Waals surface area contributed by atoms with Crippen LogP contribution in [0.25, 0.3) is 38.9 Å². The second kappa shape index (κ2) is 7.40. The van der Waals surface area contributed by atoms with Crippen molar-refractivity contribution < 1.29 is 4.84 Å². The molecule has 0 radical (unpaired) electrons. The van der Waals surface area contributed by atoms with Crippen LogP contribution < -0.4 is 11.6 Å². The summed E-state index contributed by atoms with van der Waals surface area (Å²) in [5.41, 5.74) is 11.8. The number of hydrogen-bond acceptors (Lipinski definition) is 6. The summed E-state index contributed by atoms with van der Waals surface area (Å²) < 4.78 is 2.05. The Kier molecular flexibility index (Phi) is 4.38. The fourth-order valence-corrected chi connectivity index (χ4v) is 4.50. The zero-order valence-electron chi connectivity index (χ0n) is 17.3. The van der Waals surface area contributed by atoms with E-state index in [4.69, 9.17) is 26.4 Å². The van der Waals surface area contributed by atoms with E-state index >= 15 is 0 Å². The molecule has 3 aromatic heterocycles. The van der Waals surface area contributed by atoms with Crippen LogP contribution in [0.1, 0.15) is 24.6 Å². The summed E-state index contributed by atoms with van der Waals surface area (Å²) in [5, 5.41) is 1.07. The number of fused-ring (bicyclic) bond motifs is 2. The predicted molar refractivity (Wildman–Crippen MR) is 125 cm³/mol. The van der Waals surface area contributed by atoms with Crippen molar-refractivity contribution in [3.05, 3.63) is 78.9 Å². The van der Waals surface area contributed by atoms with Crippen LogP contribution in [0.5, 0.6) is 0 Å². The topological polar surface area (TPSA) is 104 Å². The molecule has 0 aliphatic heterocycles. The lowest BCUT2D eigenvalue weighted by molar-refractivity contribution is -0.0133. The smallest absolute Gasteiger partial charge is 0.150 e. The Morgan fingerprint density at radius 1 is 0.938 bits per heavy atom. The molecule has 1 aliphatic rings. The summed E-state index contributed by atoms with van der Waals surface area (Å²) in [7, 11) is 0. The summed E-state index contributed by atoms with van der Waals surface area (Å²) in [4.78, 5) is 19.2. The molecule has 6 rings (SSSR count). The lowest BCUT2D eigenvalue weighted by Gasteiger charge is -2.32. The van der Waals surface area contributed by atoms with Crippen LogP contribution in [0, 0.1) is 0 Å². The normalized spacial score (nSPS) is 18.2. The number of imidazole rings is 1. The first-order valence-electron chi connectivity index (χ1n) is 10.7. The maximum atomic E-state index is 6.30. The average Bonchev–Trinajstić information content (AvgIpc) is 3.19. The highest BCUT2D eigenvalue weighted by molar-refractivity contribution is 5.91. The molecule has 2 aromatic carbocycles. The third-order valence-corrected chi connectivity index (χ3v) is 6.30. The Hall–Kier alpha value is -3.81. The van der Waals surface area contributed by atoms with Gasteiger partial charge in [0.05, 0.1) is 17.3 Å².